The van der Waals surface area contributed by atoms with Gasteiger partial charge in [0.25, 0.3) is 0 Å². The lowest BCUT2D eigenvalue weighted by Crippen LogP contribution is -2.35. The first-order valence-corrected chi connectivity index (χ1v) is 8.37. The molecule has 1 amide bonds. The van der Waals surface area contributed by atoms with Crippen LogP contribution in [-0.4, -0.2) is 42.9 Å². The van der Waals surface area contributed by atoms with Gasteiger partial charge in [-0.1, -0.05) is 42.0 Å². The Balaban J connectivity index is 2.09. The molecule has 0 saturated carbocycles. The van der Waals surface area contributed by atoms with E-state index in [1.807, 2.05) is 62.3 Å². The van der Waals surface area contributed by atoms with Gasteiger partial charge in [-0.05, 0) is 50.4 Å². The molecule has 0 aromatic heterocycles. The minimum Gasteiger partial charge on any atom is -0.334 e. The molecule has 0 atom stereocenters. The van der Waals surface area contributed by atoms with E-state index in [2.05, 4.69) is 0 Å². The highest BCUT2D eigenvalue weighted by Crippen LogP contribution is 2.10. The Hall–Kier alpha value is -2.46. The number of hydrogen-bond acceptors (Lipinski definition) is 2. The molecule has 0 aliphatic rings. The number of halogens is 1. The minimum absolute atomic E-state index is 0.0771. The predicted octanol–water partition coefficient (Wildman–Crippen LogP) is 3.74. The van der Waals surface area contributed by atoms with Crippen molar-refractivity contribution in [1.29, 1.82) is 0 Å². The molecule has 2 aromatic rings. The molecule has 2 rings (SSSR count). The van der Waals surface area contributed by atoms with Gasteiger partial charge >= 0.3 is 0 Å². The zero-order valence-corrected chi connectivity index (χ0v) is 15.1. The van der Waals surface area contributed by atoms with Gasteiger partial charge in [0.15, 0.2) is 0 Å². The quantitative estimate of drug-likeness (QED) is 0.717. The maximum Gasteiger partial charge on any atom is 0.246 e. The van der Waals surface area contributed by atoms with Crippen LogP contribution >= 0.6 is 0 Å². The van der Waals surface area contributed by atoms with Crippen molar-refractivity contribution in [1.82, 2.24) is 9.80 Å². The van der Waals surface area contributed by atoms with Crippen LogP contribution in [0.1, 0.15) is 16.7 Å². The van der Waals surface area contributed by atoms with Crippen LogP contribution in [0.15, 0.2) is 54.6 Å². The van der Waals surface area contributed by atoms with E-state index < -0.39 is 0 Å². The van der Waals surface area contributed by atoms with E-state index in [9.17, 15) is 9.18 Å². The lowest BCUT2D eigenvalue weighted by Gasteiger charge is -2.23. The number of nitrogens with zero attached hydrogens (tertiary/aromatic N) is 2. The van der Waals surface area contributed by atoms with Crippen molar-refractivity contribution in [2.45, 2.75) is 13.5 Å². The van der Waals surface area contributed by atoms with Crippen LogP contribution in [-0.2, 0) is 11.3 Å². The first kappa shape index (κ1) is 18.9. The standard InChI is InChI=1S/C21H25FN2O/c1-17-7-9-18(10-8-17)11-12-21(25)24(14-13-23(2)3)16-19-5-4-6-20(22)15-19/h4-12,15H,13-14,16H2,1-3H3/b12-11+. The summed E-state index contributed by atoms with van der Waals surface area (Å²) < 4.78 is 13.4. The van der Waals surface area contributed by atoms with Gasteiger partial charge in [0, 0.05) is 25.7 Å². The summed E-state index contributed by atoms with van der Waals surface area (Å²) in [6.07, 6.45) is 3.40. The number of benzene rings is 2. The number of carbonyl (C=O) groups excluding carboxylic acids is 1. The Bertz CT molecular complexity index is 723. The third kappa shape index (κ3) is 6.51. The maximum absolute atomic E-state index is 13.4. The van der Waals surface area contributed by atoms with Crippen molar-refractivity contribution in [3.63, 3.8) is 0 Å². The van der Waals surface area contributed by atoms with Gasteiger partial charge in [0.1, 0.15) is 5.82 Å². The Morgan fingerprint density at radius 1 is 1.08 bits per heavy atom. The van der Waals surface area contributed by atoms with Crippen molar-refractivity contribution in [3.05, 3.63) is 77.1 Å². The molecule has 0 heterocycles. The molecule has 2 aromatic carbocycles. The van der Waals surface area contributed by atoms with E-state index in [0.29, 0.717) is 13.1 Å². The van der Waals surface area contributed by atoms with E-state index in [0.717, 1.165) is 17.7 Å². The summed E-state index contributed by atoms with van der Waals surface area (Å²) in [5.41, 5.74) is 2.95. The molecule has 0 bridgehead atoms. The number of carbonyl (C=O) groups is 1. The average Bonchev–Trinajstić information content (AvgIpc) is 2.57. The lowest BCUT2D eigenvalue weighted by molar-refractivity contribution is -0.126. The van der Waals surface area contributed by atoms with E-state index in [4.69, 9.17) is 0 Å². The highest BCUT2D eigenvalue weighted by Gasteiger charge is 2.12. The second-order valence-corrected chi connectivity index (χ2v) is 6.44. The number of amides is 1. The molecule has 0 N–H and O–H groups in total. The summed E-state index contributed by atoms with van der Waals surface area (Å²) >= 11 is 0. The molecule has 0 fully saturated rings. The zero-order chi connectivity index (χ0) is 18.2. The molecule has 0 aliphatic carbocycles. The Morgan fingerprint density at radius 3 is 2.44 bits per heavy atom. The molecule has 0 aliphatic heterocycles. The van der Waals surface area contributed by atoms with Gasteiger partial charge in [0.05, 0.1) is 0 Å². The fourth-order valence-electron chi connectivity index (χ4n) is 2.39. The number of rotatable bonds is 7. The van der Waals surface area contributed by atoms with Gasteiger partial charge in [0.2, 0.25) is 5.91 Å². The van der Waals surface area contributed by atoms with Crippen molar-refractivity contribution in [2.24, 2.45) is 0 Å². The largest absolute Gasteiger partial charge is 0.334 e. The third-order valence-electron chi connectivity index (χ3n) is 3.89. The molecular formula is C21H25FN2O. The summed E-state index contributed by atoms with van der Waals surface area (Å²) in [5.74, 6) is -0.362. The van der Waals surface area contributed by atoms with Crippen LogP contribution in [0.3, 0.4) is 0 Å². The van der Waals surface area contributed by atoms with Gasteiger partial charge in [-0.25, -0.2) is 4.39 Å². The monoisotopic (exact) mass is 340 g/mol. The maximum atomic E-state index is 13.4. The molecule has 0 saturated heterocycles. The van der Waals surface area contributed by atoms with Crippen LogP contribution < -0.4 is 0 Å². The minimum atomic E-state index is -0.285. The summed E-state index contributed by atoms with van der Waals surface area (Å²) in [6, 6.07) is 14.4. The molecule has 25 heavy (non-hydrogen) atoms. The van der Waals surface area contributed by atoms with Crippen molar-refractivity contribution in [2.75, 3.05) is 27.2 Å². The second-order valence-electron chi connectivity index (χ2n) is 6.44. The van der Waals surface area contributed by atoms with Crippen molar-refractivity contribution < 1.29 is 9.18 Å². The topological polar surface area (TPSA) is 23.6 Å². The molecule has 3 nitrogen and oxygen atoms in total. The predicted molar refractivity (Wildman–Crippen MR) is 101 cm³/mol. The molecule has 0 radical (unpaired) electrons. The summed E-state index contributed by atoms with van der Waals surface area (Å²) in [7, 11) is 3.93. The lowest BCUT2D eigenvalue weighted by atomic mass is 10.1. The number of likely N-dealkylation sites (N-methyl/N-ethyl adjacent to an activating group) is 1. The van der Waals surface area contributed by atoms with Crippen LogP contribution in [0.5, 0.6) is 0 Å². The first-order chi connectivity index (χ1) is 11.9. The van der Waals surface area contributed by atoms with E-state index in [1.165, 1.54) is 17.7 Å². The van der Waals surface area contributed by atoms with Crippen LogP contribution in [0, 0.1) is 12.7 Å². The Kier molecular flexibility index (Phi) is 6.90. The van der Waals surface area contributed by atoms with E-state index >= 15 is 0 Å². The molecule has 0 spiro atoms. The van der Waals surface area contributed by atoms with Crippen LogP contribution in [0.2, 0.25) is 0 Å². The van der Waals surface area contributed by atoms with Crippen molar-refractivity contribution in [3.8, 4) is 0 Å². The van der Waals surface area contributed by atoms with E-state index in [-0.39, 0.29) is 11.7 Å². The number of aryl methyl sites for hydroxylation is 1. The first-order valence-electron chi connectivity index (χ1n) is 8.37. The molecular weight excluding hydrogens is 315 g/mol. The fraction of sp³-hybridized carbons (Fsp3) is 0.286. The second kappa shape index (κ2) is 9.14. The highest BCUT2D eigenvalue weighted by molar-refractivity contribution is 5.91. The highest BCUT2D eigenvalue weighted by atomic mass is 19.1. The third-order valence-corrected chi connectivity index (χ3v) is 3.89. The fourth-order valence-corrected chi connectivity index (χ4v) is 2.39. The van der Waals surface area contributed by atoms with Crippen LogP contribution in [0.4, 0.5) is 4.39 Å². The Labute approximate surface area is 149 Å². The molecule has 132 valence electrons. The number of hydrogen-bond donors (Lipinski definition) is 0. The summed E-state index contributed by atoms with van der Waals surface area (Å²) in [4.78, 5) is 16.4. The molecule has 0 unspecified atom stereocenters. The van der Waals surface area contributed by atoms with Gasteiger partial charge in [-0.3, -0.25) is 4.79 Å². The van der Waals surface area contributed by atoms with Gasteiger partial charge in [-0.2, -0.15) is 0 Å². The Morgan fingerprint density at radius 2 is 1.80 bits per heavy atom. The summed E-state index contributed by atoms with van der Waals surface area (Å²) in [6.45, 7) is 3.75. The zero-order valence-electron chi connectivity index (χ0n) is 15.1. The van der Waals surface area contributed by atoms with Crippen molar-refractivity contribution >= 4 is 12.0 Å². The smallest absolute Gasteiger partial charge is 0.246 e. The molecule has 4 heteroatoms. The van der Waals surface area contributed by atoms with Crippen LogP contribution in [0.25, 0.3) is 6.08 Å². The normalized spacial score (nSPS) is 11.2. The van der Waals surface area contributed by atoms with Gasteiger partial charge < -0.3 is 9.80 Å². The van der Waals surface area contributed by atoms with Gasteiger partial charge in [-0.15, -0.1) is 0 Å². The average molecular weight is 340 g/mol. The van der Waals surface area contributed by atoms with E-state index in [1.54, 1.807) is 17.0 Å². The summed E-state index contributed by atoms with van der Waals surface area (Å²) in [5, 5.41) is 0. The SMILES string of the molecule is Cc1ccc(/C=C/C(=O)N(CCN(C)C)Cc2cccc(F)c2)cc1.